The molecular weight excluding hydrogens is 432 g/mol. The van der Waals surface area contributed by atoms with Crippen molar-refractivity contribution in [2.45, 2.75) is 49.6 Å². The summed E-state index contributed by atoms with van der Waals surface area (Å²) in [5, 5.41) is 8.86. The van der Waals surface area contributed by atoms with Crippen molar-refractivity contribution in [1.29, 1.82) is 0 Å². The lowest BCUT2D eigenvalue weighted by molar-refractivity contribution is 0.0630. The Morgan fingerprint density at radius 1 is 1.03 bits per heavy atom. The lowest BCUT2D eigenvalue weighted by atomic mass is 9.92. The van der Waals surface area contributed by atoms with Crippen LogP contribution in [-0.4, -0.2) is 48.3 Å². The van der Waals surface area contributed by atoms with Crippen molar-refractivity contribution in [3.05, 3.63) is 71.3 Å². The lowest BCUT2D eigenvalue weighted by Crippen LogP contribution is -2.48. The summed E-state index contributed by atoms with van der Waals surface area (Å²) in [4.78, 5) is 25.7. The van der Waals surface area contributed by atoms with E-state index in [1.807, 2.05) is 30.3 Å². The average Bonchev–Trinajstić information content (AvgIpc) is 3.64. The van der Waals surface area contributed by atoms with Crippen LogP contribution in [0.4, 0.5) is 4.79 Å². The highest BCUT2D eigenvalue weighted by atomic mass is 32.2. The molecule has 2 fully saturated rings. The van der Waals surface area contributed by atoms with Gasteiger partial charge in [-0.2, -0.15) is 0 Å². The maximum Gasteiger partial charge on any atom is 0.410 e. The van der Waals surface area contributed by atoms with Gasteiger partial charge < -0.3 is 14.7 Å². The van der Waals surface area contributed by atoms with Crippen molar-refractivity contribution in [3.63, 3.8) is 0 Å². The van der Waals surface area contributed by atoms with E-state index in [2.05, 4.69) is 4.72 Å². The molecule has 2 aliphatic rings. The third kappa shape index (κ3) is 5.28. The van der Waals surface area contributed by atoms with Crippen LogP contribution in [0.3, 0.4) is 0 Å². The van der Waals surface area contributed by atoms with E-state index in [4.69, 9.17) is 4.74 Å². The minimum atomic E-state index is -3.36. The van der Waals surface area contributed by atoms with Crippen molar-refractivity contribution in [2.75, 3.05) is 6.54 Å². The molecule has 8 nitrogen and oxygen atoms in total. The summed E-state index contributed by atoms with van der Waals surface area (Å²) in [7, 11) is -3.36. The van der Waals surface area contributed by atoms with Gasteiger partial charge in [-0.15, -0.1) is 0 Å². The number of ether oxygens (including phenoxy) is 1. The number of likely N-dealkylation sites (tertiary alicyclic amines) is 1. The van der Waals surface area contributed by atoms with Crippen LogP contribution in [0, 0.1) is 0 Å². The summed E-state index contributed by atoms with van der Waals surface area (Å²) in [6.45, 7) is 0.468. The van der Waals surface area contributed by atoms with E-state index in [0.717, 1.165) is 11.1 Å². The molecule has 0 radical (unpaired) electrons. The zero-order chi connectivity index (χ0) is 22.7. The normalized spacial score (nSPS) is 21.2. The SMILES string of the molecule is O=C(O)c1ccc([C@H]2C[C@H](NS(=O)(=O)C3CC3)CCN2C(=O)OCc2ccccc2)cc1. The number of carbonyl (C=O) groups is 2. The number of benzene rings is 2. The second-order valence-corrected chi connectivity index (χ2v) is 10.3. The fourth-order valence-corrected chi connectivity index (χ4v) is 5.59. The Bertz CT molecular complexity index is 1070. The Kier molecular flexibility index (Phi) is 6.48. The van der Waals surface area contributed by atoms with Gasteiger partial charge in [-0.25, -0.2) is 22.7 Å². The molecule has 170 valence electrons. The van der Waals surface area contributed by atoms with Gasteiger partial charge in [0.2, 0.25) is 10.0 Å². The van der Waals surface area contributed by atoms with Crippen LogP contribution < -0.4 is 4.72 Å². The molecule has 1 saturated heterocycles. The minimum absolute atomic E-state index is 0.137. The topological polar surface area (TPSA) is 113 Å². The summed E-state index contributed by atoms with van der Waals surface area (Å²) in [5.74, 6) is -1.03. The van der Waals surface area contributed by atoms with Crippen LogP contribution in [0.2, 0.25) is 0 Å². The molecule has 1 saturated carbocycles. The summed E-state index contributed by atoms with van der Waals surface area (Å²) in [5.41, 5.74) is 1.76. The molecule has 1 heterocycles. The van der Waals surface area contributed by atoms with Crippen molar-refractivity contribution >= 4 is 22.1 Å². The van der Waals surface area contributed by atoms with Crippen molar-refractivity contribution in [2.24, 2.45) is 0 Å². The monoisotopic (exact) mass is 458 g/mol. The highest BCUT2D eigenvalue weighted by Crippen LogP contribution is 2.34. The number of hydrogen-bond acceptors (Lipinski definition) is 5. The quantitative estimate of drug-likeness (QED) is 0.658. The molecule has 0 aromatic heterocycles. The number of carbonyl (C=O) groups excluding carboxylic acids is 1. The first-order valence-corrected chi connectivity index (χ1v) is 12.2. The Hall–Kier alpha value is -2.91. The number of carboxylic acid groups (broad SMARTS) is 1. The molecule has 2 N–H and O–H groups in total. The molecule has 0 bridgehead atoms. The van der Waals surface area contributed by atoms with Crippen LogP contribution in [0.15, 0.2) is 54.6 Å². The molecule has 0 unspecified atom stereocenters. The molecule has 1 aliphatic heterocycles. The molecule has 0 spiro atoms. The number of carboxylic acids is 1. The molecule has 2 aromatic rings. The van der Waals surface area contributed by atoms with E-state index in [-0.39, 0.29) is 23.5 Å². The van der Waals surface area contributed by atoms with Crippen molar-refractivity contribution < 1.29 is 27.9 Å². The average molecular weight is 459 g/mol. The summed E-state index contributed by atoms with van der Waals surface area (Å²) >= 11 is 0. The highest BCUT2D eigenvalue weighted by Gasteiger charge is 2.40. The maximum absolute atomic E-state index is 12.9. The number of piperidine rings is 1. The highest BCUT2D eigenvalue weighted by molar-refractivity contribution is 7.90. The smallest absolute Gasteiger partial charge is 0.410 e. The van der Waals surface area contributed by atoms with Crippen molar-refractivity contribution in [3.8, 4) is 0 Å². The first kappa shape index (κ1) is 22.3. The third-order valence-electron chi connectivity index (χ3n) is 5.88. The molecule has 1 aliphatic carbocycles. The standard InChI is InChI=1S/C23H26N2O6S/c26-22(27)18-8-6-17(7-9-18)21-14-19(24-32(29,30)20-10-11-20)12-13-25(21)23(28)31-15-16-4-2-1-3-5-16/h1-9,19-21,24H,10-15H2,(H,26,27)/t19-,21-/m1/s1. The second kappa shape index (κ2) is 9.30. The number of sulfonamides is 1. The molecule has 1 amide bonds. The van der Waals surface area contributed by atoms with Gasteiger partial charge in [0.25, 0.3) is 0 Å². The number of amides is 1. The molecule has 2 atom stereocenters. The first-order chi connectivity index (χ1) is 15.3. The fourth-order valence-electron chi connectivity index (χ4n) is 3.96. The largest absolute Gasteiger partial charge is 0.478 e. The fraction of sp³-hybridized carbons (Fsp3) is 0.391. The molecule has 9 heteroatoms. The second-order valence-electron chi connectivity index (χ2n) is 8.26. The van der Waals surface area contributed by atoms with Crippen LogP contribution in [0.1, 0.15) is 53.2 Å². The van der Waals surface area contributed by atoms with Gasteiger partial charge in [0.15, 0.2) is 0 Å². The zero-order valence-corrected chi connectivity index (χ0v) is 18.3. The Balaban J connectivity index is 1.51. The van der Waals surface area contributed by atoms with Gasteiger partial charge in [0, 0.05) is 12.6 Å². The van der Waals surface area contributed by atoms with Gasteiger partial charge >= 0.3 is 12.1 Å². The van der Waals surface area contributed by atoms with E-state index in [1.165, 1.54) is 12.1 Å². The van der Waals surface area contributed by atoms with E-state index in [9.17, 15) is 23.1 Å². The predicted octanol–water partition coefficient (Wildman–Crippen LogP) is 3.31. The number of rotatable bonds is 7. The van der Waals surface area contributed by atoms with Crippen LogP contribution in [0.25, 0.3) is 0 Å². The van der Waals surface area contributed by atoms with E-state index in [0.29, 0.717) is 32.2 Å². The molecule has 32 heavy (non-hydrogen) atoms. The van der Waals surface area contributed by atoms with Gasteiger partial charge in [-0.05, 0) is 48.9 Å². The first-order valence-electron chi connectivity index (χ1n) is 10.7. The number of hydrogen-bond donors (Lipinski definition) is 2. The van der Waals surface area contributed by atoms with Crippen LogP contribution in [0.5, 0.6) is 0 Å². The lowest BCUT2D eigenvalue weighted by Gasteiger charge is -2.39. The minimum Gasteiger partial charge on any atom is -0.478 e. The maximum atomic E-state index is 12.9. The van der Waals surface area contributed by atoms with Crippen LogP contribution in [-0.2, 0) is 21.4 Å². The van der Waals surface area contributed by atoms with Gasteiger partial charge in [-0.3, -0.25) is 0 Å². The summed E-state index contributed by atoms with van der Waals surface area (Å²) < 4.78 is 33.2. The Labute approximate surface area is 187 Å². The molecule has 2 aromatic carbocycles. The zero-order valence-electron chi connectivity index (χ0n) is 17.5. The van der Waals surface area contributed by atoms with E-state index >= 15 is 0 Å². The van der Waals surface area contributed by atoms with Gasteiger partial charge in [0.05, 0.1) is 16.9 Å². The Morgan fingerprint density at radius 2 is 1.72 bits per heavy atom. The summed E-state index contributed by atoms with van der Waals surface area (Å²) in [6.07, 6.45) is 1.75. The number of nitrogens with zero attached hydrogens (tertiary/aromatic N) is 1. The van der Waals surface area contributed by atoms with Gasteiger partial charge in [0.1, 0.15) is 6.61 Å². The van der Waals surface area contributed by atoms with E-state index in [1.54, 1.807) is 17.0 Å². The van der Waals surface area contributed by atoms with Crippen molar-refractivity contribution in [1.82, 2.24) is 9.62 Å². The third-order valence-corrected chi connectivity index (χ3v) is 7.89. The Morgan fingerprint density at radius 3 is 2.34 bits per heavy atom. The van der Waals surface area contributed by atoms with E-state index < -0.39 is 28.1 Å². The van der Waals surface area contributed by atoms with Crippen LogP contribution >= 0.6 is 0 Å². The van der Waals surface area contributed by atoms with Gasteiger partial charge in [-0.1, -0.05) is 42.5 Å². The summed E-state index contributed by atoms with van der Waals surface area (Å²) in [6, 6.07) is 14.9. The molecule has 4 rings (SSSR count). The predicted molar refractivity (Wildman–Crippen MR) is 118 cm³/mol. The molecular formula is C23H26N2O6S. The number of aromatic carboxylic acids is 1. The number of nitrogens with one attached hydrogen (secondary N) is 1.